The van der Waals surface area contributed by atoms with Crippen molar-refractivity contribution in [2.24, 2.45) is 11.7 Å². The fourth-order valence-corrected chi connectivity index (χ4v) is 3.39. The van der Waals surface area contributed by atoms with Crippen LogP contribution in [-0.2, 0) is 4.79 Å². The van der Waals surface area contributed by atoms with E-state index in [1.807, 2.05) is 38.2 Å². The molecule has 1 aliphatic rings. The van der Waals surface area contributed by atoms with Crippen LogP contribution in [0.25, 0.3) is 0 Å². The van der Waals surface area contributed by atoms with E-state index in [9.17, 15) is 4.79 Å². The first-order chi connectivity index (χ1) is 10.0. The Labute approximate surface area is 132 Å². The number of nitrogens with two attached hydrogens (primary N) is 1. The molecule has 0 spiro atoms. The highest BCUT2D eigenvalue weighted by Gasteiger charge is 2.27. The quantitative estimate of drug-likeness (QED) is 0.920. The zero-order valence-corrected chi connectivity index (χ0v) is 13.6. The van der Waals surface area contributed by atoms with Gasteiger partial charge in [0, 0.05) is 24.5 Å². The minimum atomic E-state index is -0.0222. The molecule has 1 aliphatic carbocycles. The summed E-state index contributed by atoms with van der Waals surface area (Å²) in [6.07, 6.45) is 5.04. The molecule has 116 valence electrons. The number of amides is 1. The third kappa shape index (κ3) is 3.98. The van der Waals surface area contributed by atoms with E-state index in [0.29, 0.717) is 17.4 Å². The summed E-state index contributed by atoms with van der Waals surface area (Å²) in [5.74, 6) is 0.483. The summed E-state index contributed by atoms with van der Waals surface area (Å²) in [4.78, 5) is 14.3. The monoisotopic (exact) mass is 308 g/mol. The Hall–Kier alpha value is -1.06. The molecule has 0 heterocycles. The van der Waals surface area contributed by atoms with E-state index in [4.69, 9.17) is 17.3 Å². The van der Waals surface area contributed by atoms with Crippen LogP contribution in [0.5, 0.6) is 0 Å². The zero-order chi connectivity index (χ0) is 15.4. The van der Waals surface area contributed by atoms with E-state index in [0.717, 1.165) is 18.4 Å². The fourth-order valence-electron chi connectivity index (χ4n) is 3.10. The van der Waals surface area contributed by atoms with E-state index in [1.54, 1.807) is 4.90 Å². The predicted molar refractivity (Wildman–Crippen MR) is 87.2 cm³/mol. The molecule has 4 heteroatoms. The van der Waals surface area contributed by atoms with Crippen LogP contribution < -0.4 is 5.73 Å². The normalized spacial score (nSPS) is 23.6. The Balaban J connectivity index is 2.00. The molecule has 2 N–H and O–H groups in total. The van der Waals surface area contributed by atoms with Gasteiger partial charge in [-0.1, -0.05) is 42.6 Å². The van der Waals surface area contributed by atoms with E-state index in [-0.39, 0.29) is 18.0 Å². The van der Waals surface area contributed by atoms with Crippen molar-refractivity contribution in [2.75, 3.05) is 7.05 Å². The van der Waals surface area contributed by atoms with Gasteiger partial charge in [-0.05, 0) is 37.3 Å². The standard InChI is InChI=1S/C17H25ClN2O/c1-12(14-8-4-5-9-15(14)18)20(2)17(21)11-13-7-3-6-10-16(13)19/h4-5,8-9,12-13,16H,3,6-7,10-11,19H2,1-2H3. The van der Waals surface area contributed by atoms with E-state index >= 15 is 0 Å². The van der Waals surface area contributed by atoms with Gasteiger partial charge in [-0.2, -0.15) is 0 Å². The molecule has 2 rings (SSSR count). The lowest BCUT2D eigenvalue weighted by Gasteiger charge is -2.32. The van der Waals surface area contributed by atoms with Crippen molar-refractivity contribution in [1.82, 2.24) is 4.90 Å². The second-order valence-electron chi connectivity index (χ2n) is 6.11. The van der Waals surface area contributed by atoms with Crippen LogP contribution in [-0.4, -0.2) is 23.9 Å². The highest BCUT2D eigenvalue weighted by Crippen LogP contribution is 2.29. The highest BCUT2D eigenvalue weighted by molar-refractivity contribution is 6.31. The summed E-state index contributed by atoms with van der Waals surface area (Å²) in [5, 5.41) is 0.707. The number of carbonyl (C=O) groups excluding carboxylic acids is 1. The number of halogens is 1. The second kappa shape index (κ2) is 7.28. The van der Waals surface area contributed by atoms with Crippen molar-refractivity contribution >= 4 is 17.5 Å². The van der Waals surface area contributed by atoms with Crippen LogP contribution in [0.3, 0.4) is 0 Å². The first-order valence-electron chi connectivity index (χ1n) is 7.76. The van der Waals surface area contributed by atoms with Crippen LogP contribution in [0.2, 0.25) is 5.02 Å². The Bertz CT molecular complexity index is 491. The van der Waals surface area contributed by atoms with Crippen molar-refractivity contribution in [3.63, 3.8) is 0 Å². The number of hydrogen-bond donors (Lipinski definition) is 1. The van der Waals surface area contributed by atoms with Gasteiger partial charge < -0.3 is 10.6 Å². The molecule has 1 amide bonds. The molecular weight excluding hydrogens is 284 g/mol. The van der Waals surface area contributed by atoms with Gasteiger partial charge in [-0.25, -0.2) is 0 Å². The average molecular weight is 309 g/mol. The van der Waals surface area contributed by atoms with Crippen LogP contribution in [0, 0.1) is 5.92 Å². The lowest BCUT2D eigenvalue weighted by Crippen LogP contribution is -2.38. The molecule has 0 bridgehead atoms. The Kier molecular flexibility index (Phi) is 5.65. The van der Waals surface area contributed by atoms with Gasteiger partial charge in [0.15, 0.2) is 0 Å². The summed E-state index contributed by atoms with van der Waals surface area (Å²) in [6, 6.07) is 7.85. The van der Waals surface area contributed by atoms with E-state index in [1.165, 1.54) is 12.8 Å². The lowest BCUT2D eigenvalue weighted by molar-refractivity contribution is -0.133. The molecule has 1 fully saturated rings. The molecule has 1 aromatic carbocycles. The Morgan fingerprint density at radius 1 is 1.38 bits per heavy atom. The van der Waals surface area contributed by atoms with Crippen molar-refractivity contribution in [3.05, 3.63) is 34.9 Å². The first kappa shape index (κ1) is 16.3. The third-order valence-corrected chi connectivity index (χ3v) is 5.08. The Morgan fingerprint density at radius 3 is 2.71 bits per heavy atom. The molecule has 0 saturated heterocycles. The van der Waals surface area contributed by atoms with Gasteiger partial charge in [0.2, 0.25) is 5.91 Å². The van der Waals surface area contributed by atoms with Gasteiger partial charge in [-0.15, -0.1) is 0 Å². The van der Waals surface area contributed by atoms with Gasteiger partial charge in [-0.3, -0.25) is 4.79 Å². The topological polar surface area (TPSA) is 46.3 Å². The van der Waals surface area contributed by atoms with Crippen molar-refractivity contribution in [1.29, 1.82) is 0 Å². The number of nitrogens with zero attached hydrogens (tertiary/aromatic N) is 1. The molecule has 0 aliphatic heterocycles. The fraction of sp³-hybridized carbons (Fsp3) is 0.588. The zero-order valence-electron chi connectivity index (χ0n) is 12.9. The summed E-state index contributed by atoms with van der Waals surface area (Å²) in [6.45, 7) is 2.01. The smallest absolute Gasteiger partial charge is 0.223 e. The minimum Gasteiger partial charge on any atom is -0.339 e. The minimum absolute atomic E-state index is 0.0222. The van der Waals surface area contributed by atoms with Gasteiger partial charge >= 0.3 is 0 Å². The van der Waals surface area contributed by atoms with Crippen LogP contribution in [0.4, 0.5) is 0 Å². The molecule has 3 unspecified atom stereocenters. The van der Waals surface area contributed by atoms with Crippen molar-refractivity contribution in [2.45, 2.75) is 51.1 Å². The summed E-state index contributed by atoms with van der Waals surface area (Å²) < 4.78 is 0. The SMILES string of the molecule is CC(c1ccccc1Cl)N(C)C(=O)CC1CCCCC1N. The molecule has 21 heavy (non-hydrogen) atoms. The van der Waals surface area contributed by atoms with Gasteiger partial charge in [0.25, 0.3) is 0 Å². The first-order valence-corrected chi connectivity index (χ1v) is 8.14. The van der Waals surface area contributed by atoms with Crippen LogP contribution in [0.15, 0.2) is 24.3 Å². The third-order valence-electron chi connectivity index (χ3n) is 4.73. The molecule has 1 aromatic rings. The number of benzene rings is 1. The maximum atomic E-state index is 12.5. The second-order valence-corrected chi connectivity index (χ2v) is 6.52. The van der Waals surface area contributed by atoms with E-state index < -0.39 is 0 Å². The van der Waals surface area contributed by atoms with Crippen LogP contribution in [0.1, 0.15) is 50.6 Å². The number of hydrogen-bond acceptors (Lipinski definition) is 2. The van der Waals surface area contributed by atoms with Crippen molar-refractivity contribution < 1.29 is 4.79 Å². The van der Waals surface area contributed by atoms with Gasteiger partial charge in [0.1, 0.15) is 0 Å². The number of rotatable bonds is 4. The Morgan fingerprint density at radius 2 is 2.05 bits per heavy atom. The molecular formula is C17H25ClN2O. The number of carbonyl (C=O) groups is 1. The molecule has 0 aromatic heterocycles. The maximum Gasteiger partial charge on any atom is 0.223 e. The van der Waals surface area contributed by atoms with Gasteiger partial charge in [0.05, 0.1) is 6.04 Å². The predicted octanol–water partition coefficient (Wildman–Crippen LogP) is 3.77. The summed E-state index contributed by atoms with van der Waals surface area (Å²) in [5.41, 5.74) is 7.14. The highest BCUT2D eigenvalue weighted by atomic mass is 35.5. The molecule has 3 atom stereocenters. The molecule has 3 nitrogen and oxygen atoms in total. The summed E-state index contributed by atoms with van der Waals surface area (Å²) >= 11 is 6.22. The van der Waals surface area contributed by atoms with Crippen molar-refractivity contribution in [3.8, 4) is 0 Å². The molecule has 0 radical (unpaired) electrons. The van der Waals surface area contributed by atoms with Crippen LogP contribution >= 0.6 is 11.6 Å². The average Bonchev–Trinajstić information content (AvgIpc) is 2.48. The van der Waals surface area contributed by atoms with E-state index in [2.05, 4.69) is 0 Å². The maximum absolute atomic E-state index is 12.5. The lowest BCUT2D eigenvalue weighted by atomic mass is 9.82. The largest absolute Gasteiger partial charge is 0.339 e. The molecule has 1 saturated carbocycles. The summed E-state index contributed by atoms with van der Waals surface area (Å²) in [7, 11) is 1.85.